The lowest BCUT2D eigenvalue weighted by molar-refractivity contribution is -0.121. The summed E-state index contributed by atoms with van der Waals surface area (Å²) < 4.78 is 38.4. The SMILES string of the molecule is CCCC[C@@H](CC)CNC(=O)CCCCCNS(=O)(=O)c1ccc2c(c1)OCCO2. The number of fused-ring (bicyclic) bond motifs is 1. The van der Waals surface area contributed by atoms with Crippen LogP contribution in [0.15, 0.2) is 23.1 Å². The first kappa shape index (κ1) is 24.5. The molecule has 170 valence electrons. The highest BCUT2D eigenvalue weighted by Gasteiger charge is 2.19. The molecule has 1 aromatic carbocycles. The molecule has 1 amide bonds. The summed E-state index contributed by atoms with van der Waals surface area (Å²) >= 11 is 0. The number of hydrogen-bond acceptors (Lipinski definition) is 5. The summed E-state index contributed by atoms with van der Waals surface area (Å²) in [6.45, 7) is 6.32. The van der Waals surface area contributed by atoms with Crippen LogP contribution in [0.1, 0.15) is 65.2 Å². The van der Waals surface area contributed by atoms with Crippen LogP contribution in [0.3, 0.4) is 0 Å². The number of amides is 1. The van der Waals surface area contributed by atoms with Gasteiger partial charge in [-0.25, -0.2) is 13.1 Å². The van der Waals surface area contributed by atoms with Gasteiger partial charge < -0.3 is 14.8 Å². The summed E-state index contributed by atoms with van der Waals surface area (Å²) in [5, 5.41) is 3.03. The Labute approximate surface area is 181 Å². The molecule has 0 spiro atoms. The van der Waals surface area contributed by atoms with E-state index in [2.05, 4.69) is 23.9 Å². The Morgan fingerprint density at radius 3 is 2.57 bits per heavy atom. The molecule has 2 rings (SSSR count). The highest BCUT2D eigenvalue weighted by molar-refractivity contribution is 7.89. The minimum atomic E-state index is -3.59. The maximum absolute atomic E-state index is 12.4. The number of benzene rings is 1. The van der Waals surface area contributed by atoms with Gasteiger partial charge in [0, 0.05) is 25.6 Å². The predicted molar refractivity (Wildman–Crippen MR) is 117 cm³/mol. The summed E-state index contributed by atoms with van der Waals surface area (Å²) in [6, 6.07) is 4.63. The second-order valence-corrected chi connectivity index (χ2v) is 9.50. The van der Waals surface area contributed by atoms with E-state index in [9.17, 15) is 13.2 Å². The molecule has 1 aromatic rings. The first-order valence-electron chi connectivity index (χ1n) is 11.1. The molecule has 8 heteroatoms. The van der Waals surface area contributed by atoms with Crippen LogP contribution in [0.2, 0.25) is 0 Å². The lowest BCUT2D eigenvalue weighted by Crippen LogP contribution is -2.29. The minimum Gasteiger partial charge on any atom is -0.486 e. The number of carbonyl (C=O) groups excluding carboxylic acids is 1. The molecule has 0 unspecified atom stereocenters. The van der Waals surface area contributed by atoms with E-state index < -0.39 is 10.0 Å². The Morgan fingerprint density at radius 1 is 1.07 bits per heavy atom. The van der Waals surface area contributed by atoms with E-state index in [1.165, 1.54) is 25.0 Å². The summed E-state index contributed by atoms with van der Waals surface area (Å²) in [7, 11) is -3.59. The molecule has 0 aromatic heterocycles. The van der Waals surface area contributed by atoms with Gasteiger partial charge in [0.15, 0.2) is 11.5 Å². The molecule has 7 nitrogen and oxygen atoms in total. The molecule has 0 saturated carbocycles. The van der Waals surface area contributed by atoms with Crippen LogP contribution in [0.4, 0.5) is 0 Å². The maximum Gasteiger partial charge on any atom is 0.240 e. The Hall–Kier alpha value is -1.80. The lowest BCUT2D eigenvalue weighted by atomic mass is 9.99. The molecule has 0 bridgehead atoms. The zero-order valence-corrected chi connectivity index (χ0v) is 19.1. The van der Waals surface area contributed by atoms with Crippen molar-refractivity contribution in [2.45, 2.75) is 70.1 Å². The first-order valence-corrected chi connectivity index (χ1v) is 12.6. The molecule has 1 aliphatic rings. The van der Waals surface area contributed by atoms with Gasteiger partial charge in [-0.05, 0) is 37.3 Å². The standard InChI is InChI=1S/C22H36N2O5S/c1-3-5-9-18(4-2)17-23-22(25)10-7-6-8-13-24-30(26,27)19-11-12-20-21(16-19)29-15-14-28-20/h11-12,16,18,24H,3-10,13-15,17H2,1-2H3,(H,23,25)/t18-/m1/s1. The summed E-state index contributed by atoms with van der Waals surface area (Å²) in [4.78, 5) is 12.2. The van der Waals surface area contributed by atoms with Crippen LogP contribution in [-0.2, 0) is 14.8 Å². The van der Waals surface area contributed by atoms with Crippen molar-refractivity contribution in [3.05, 3.63) is 18.2 Å². The van der Waals surface area contributed by atoms with Crippen LogP contribution in [-0.4, -0.2) is 40.6 Å². The number of ether oxygens (including phenoxy) is 2. The lowest BCUT2D eigenvalue weighted by Gasteiger charge is -2.18. The van der Waals surface area contributed by atoms with Crippen molar-refractivity contribution in [1.82, 2.24) is 10.0 Å². The number of sulfonamides is 1. The normalized spacial score (nSPS) is 14.3. The van der Waals surface area contributed by atoms with Crippen molar-refractivity contribution in [3.8, 4) is 11.5 Å². The van der Waals surface area contributed by atoms with Gasteiger partial charge in [-0.15, -0.1) is 0 Å². The van der Waals surface area contributed by atoms with Gasteiger partial charge in [0.05, 0.1) is 4.90 Å². The smallest absolute Gasteiger partial charge is 0.240 e. The van der Waals surface area contributed by atoms with Crippen LogP contribution >= 0.6 is 0 Å². The van der Waals surface area contributed by atoms with Crippen LogP contribution in [0, 0.1) is 5.92 Å². The molecule has 0 radical (unpaired) electrons. The molecule has 1 heterocycles. The molecule has 2 N–H and O–H groups in total. The average molecular weight is 441 g/mol. The Bertz CT molecular complexity index is 767. The maximum atomic E-state index is 12.4. The van der Waals surface area contributed by atoms with Crippen LogP contribution in [0.25, 0.3) is 0 Å². The van der Waals surface area contributed by atoms with Crippen molar-refractivity contribution in [1.29, 1.82) is 0 Å². The summed E-state index contributed by atoms with van der Waals surface area (Å²) in [6.07, 6.45) is 7.36. The highest BCUT2D eigenvalue weighted by atomic mass is 32.2. The van der Waals surface area contributed by atoms with Crippen molar-refractivity contribution in [2.24, 2.45) is 5.92 Å². The van der Waals surface area contributed by atoms with E-state index in [1.807, 2.05) is 0 Å². The number of unbranched alkanes of at least 4 members (excludes halogenated alkanes) is 3. The molecular formula is C22H36N2O5S. The summed E-state index contributed by atoms with van der Waals surface area (Å²) in [5.41, 5.74) is 0. The molecular weight excluding hydrogens is 404 g/mol. The zero-order chi connectivity index (χ0) is 21.8. The number of nitrogens with one attached hydrogen (secondary N) is 2. The molecule has 30 heavy (non-hydrogen) atoms. The number of hydrogen-bond donors (Lipinski definition) is 2. The van der Waals surface area contributed by atoms with E-state index in [0.717, 1.165) is 32.2 Å². The molecule has 1 atom stereocenters. The Morgan fingerprint density at radius 2 is 1.83 bits per heavy atom. The fraction of sp³-hybridized carbons (Fsp3) is 0.682. The van der Waals surface area contributed by atoms with Gasteiger partial charge in [-0.2, -0.15) is 0 Å². The third-order valence-corrected chi connectivity index (χ3v) is 6.79. The van der Waals surface area contributed by atoms with E-state index in [1.54, 1.807) is 6.07 Å². The zero-order valence-electron chi connectivity index (χ0n) is 18.2. The van der Waals surface area contributed by atoms with Gasteiger partial charge in [-0.3, -0.25) is 4.79 Å². The third-order valence-electron chi connectivity index (χ3n) is 5.33. The second kappa shape index (κ2) is 12.8. The fourth-order valence-corrected chi connectivity index (χ4v) is 4.45. The Kier molecular flexibility index (Phi) is 10.4. The topological polar surface area (TPSA) is 93.7 Å². The van der Waals surface area contributed by atoms with Crippen LogP contribution in [0.5, 0.6) is 11.5 Å². The van der Waals surface area contributed by atoms with E-state index >= 15 is 0 Å². The van der Waals surface area contributed by atoms with Gasteiger partial charge in [0.1, 0.15) is 13.2 Å². The van der Waals surface area contributed by atoms with Gasteiger partial charge in [0.25, 0.3) is 0 Å². The van der Waals surface area contributed by atoms with Crippen molar-refractivity contribution < 1.29 is 22.7 Å². The first-order chi connectivity index (χ1) is 14.5. The second-order valence-electron chi connectivity index (χ2n) is 7.73. The molecule has 0 fully saturated rings. The number of carbonyl (C=O) groups is 1. The third kappa shape index (κ3) is 8.14. The summed E-state index contributed by atoms with van der Waals surface area (Å²) in [5.74, 6) is 1.66. The van der Waals surface area contributed by atoms with Crippen molar-refractivity contribution in [2.75, 3.05) is 26.3 Å². The monoisotopic (exact) mass is 440 g/mol. The number of rotatable bonds is 14. The van der Waals surface area contributed by atoms with Crippen LogP contribution < -0.4 is 19.5 Å². The van der Waals surface area contributed by atoms with Crippen molar-refractivity contribution in [3.63, 3.8) is 0 Å². The minimum absolute atomic E-state index is 0.0850. The fourth-order valence-electron chi connectivity index (χ4n) is 3.36. The molecule has 0 aliphatic carbocycles. The molecule has 1 aliphatic heterocycles. The predicted octanol–water partition coefficient (Wildman–Crippen LogP) is 3.63. The highest BCUT2D eigenvalue weighted by Crippen LogP contribution is 2.32. The average Bonchev–Trinajstić information content (AvgIpc) is 2.75. The van der Waals surface area contributed by atoms with Gasteiger partial charge in [0.2, 0.25) is 15.9 Å². The van der Waals surface area contributed by atoms with E-state index in [-0.39, 0.29) is 10.8 Å². The van der Waals surface area contributed by atoms with Crippen molar-refractivity contribution >= 4 is 15.9 Å². The quantitative estimate of drug-likeness (QED) is 0.431. The Balaban J connectivity index is 1.62. The largest absolute Gasteiger partial charge is 0.486 e. The van der Waals surface area contributed by atoms with Gasteiger partial charge >= 0.3 is 0 Å². The van der Waals surface area contributed by atoms with E-state index in [0.29, 0.717) is 50.0 Å². The molecule has 0 saturated heterocycles. The van der Waals surface area contributed by atoms with Gasteiger partial charge in [-0.1, -0.05) is 39.5 Å². The van der Waals surface area contributed by atoms with E-state index in [4.69, 9.17) is 9.47 Å².